The lowest BCUT2D eigenvalue weighted by molar-refractivity contribution is -0.126. The zero-order valence-electron chi connectivity index (χ0n) is 12.8. The molecule has 0 N–H and O–H groups in total. The summed E-state index contributed by atoms with van der Waals surface area (Å²) in [6.45, 7) is 3.56. The number of rotatable bonds is 3. The Labute approximate surface area is 142 Å². The summed E-state index contributed by atoms with van der Waals surface area (Å²) in [5.41, 5.74) is 2.01. The number of halogens is 1. The van der Waals surface area contributed by atoms with Crippen LogP contribution in [0.1, 0.15) is 30.0 Å². The second-order valence-electron chi connectivity index (χ2n) is 5.54. The third-order valence-corrected chi connectivity index (χ3v) is 4.28. The Hall–Kier alpha value is -2.08. The van der Waals surface area contributed by atoms with Crippen LogP contribution in [0.15, 0.2) is 45.5 Å². The molecule has 0 fully saturated rings. The topological polar surface area (TPSA) is 59.8 Å². The molecule has 1 aliphatic heterocycles. The van der Waals surface area contributed by atoms with Gasteiger partial charge >= 0.3 is 5.97 Å². The molecule has 2 aromatic rings. The summed E-state index contributed by atoms with van der Waals surface area (Å²) in [4.78, 5) is 26.4. The summed E-state index contributed by atoms with van der Waals surface area (Å²) in [6, 6.07) is 10.9. The molecule has 0 radical (unpaired) electrons. The van der Waals surface area contributed by atoms with Gasteiger partial charge in [-0.25, -0.2) is 4.79 Å². The van der Waals surface area contributed by atoms with Crippen LogP contribution in [0.3, 0.4) is 0 Å². The van der Waals surface area contributed by atoms with Gasteiger partial charge in [0.25, 0.3) is 5.91 Å². The van der Waals surface area contributed by atoms with Gasteiger partial charge in [-0.3, -0.25) is 4.79 Å². The maximum absolute atomic E-state index is 12.7. The molecule has 6 heteroatoms. The SMILES string of the molecule is C[C@H](OC(=O)c1ccc(Br)o1)C(=O)N1c2ccccc2C[C@@H]1C. The van der Waals surface area contributed by atoms with Crippen molar-refractivity contribution in [1.29, 1.82) is 0 Å². The van der Waals surface area contributed by atoms with Crippen LogP contribution < -0.4 is 4.90 Å². The molecule has 23 heavy (non-hydrogen) atoms. The Kier molecular flexibility index (Phi) is 4.26. The molecule has 2 atom stereocenters. The van der Waals surface area contributed by atoms with Crippen molar-refractivity contribution in [2.24, 2.45) is 0 Å². The van der Waals surface area contributed by atoms with Gasteiger partial charge in [-0.15, -0.1) is 0 Å². The van der Waals surface area contributed by atoms with Crippen LogP contribution in [0.25, 0.3) is 0 Å². The minimum absolute atomic E-state index is 0.0406. The van der Waals surface area contributed by atoms with Gasteiger partial charge in [0.1, 0.15) is 0 Å². The average Bonchev–Trinajstić information content (AvgIpc) is 3.09. The normalized spacial score (nSPS) is 17.7. The predicted molar refractivity (Wildman–Crippen MR) is 88.4 cm³/mol. The van der Waals surface area contributed by atoms with Crippen LogP contribution in [0.5, 0.6) is 0 Å². The van der Waals surface area contributed by atoms with E-state index in [4.69, 9.17) is 9.15 Å². The molecule has 0 bridgehead atoms. The number of hydrogen-bond donors (Lipinski definition) is 0. The lowest BCUT2D eigenvalue weighted by Crippen LogP contribution is -2.43. The minimum Gasteiger partial charge on any atom is -0.447 e. The first kappa shape index (κ1) is 15.8. The van der Waals surface area contributed by atoms with E-state index in [0.717, 1.165) is 17.7 Å². The highest BCUT2D eigenvalue weighted by Gasteiger charge is 2.34. The van der Waals surface area contributed by atoms with E-state index in [1.807, 2.05) is 31.2 Å². The van der Waals surface area contributed by atoms with E-state index in [-0.39, 0.29) is 17.7 Å². The van der Waals surface area contributed by atoms with Crippen LogP contribution in [0.2, 0.25) is 0 Å². The molecule has 0 unspecified atom stereocenters. The molecule has 0 saturated heterocycles. The summed E-state index contributed by atoms with van der Waals surface area (Å²) < 4.78 is 10.8. The largest absolute Gasteiger partial charge is 0.447 e. The van der Waals surface area contributed by atoms with Gasteiger partial charge in [-0.05, 0) is 60.0 Å². The fourth-order valence-corrected chi connectivity index (χ4v) is 3.10. The summed E-state index contributed by atoms with van der Waals surface area (Å²) >= 11 is 3.13. The molecular formula is C17H16BrNO4. The van der Waals surface area contributed by atoms with Gasteiger partial charge in [-0.1, -0.05) is 18.2 Å². The highest BCUT2D eigenvalue weighted by molar-refractivity contribution is 9.10. The van der Waals surface area contributed by atoms with E-state index < -0.39 is 12.1 Å². The van der Waals surface area contributed by atoms with Gasteiger partial charge in [0.2, 0.25) is 5.76 Å². The van der Waals surface area contributed by atoms with Crippen molar-refractivity contribution in [3.05, 3.63) is 52.4 Å². The Morgan fingerprint density at radius 3 is 2.74 bits per heavy atom. The molecular weight excluding hydrogens is 362 g/mol. The fourth-order valence-electron chi connectivity index (χ4n) is 2.79. The third-order valence-electron chi connectivity index (χ3n) is 3.85. The van der Waals surface area contributed by atoms with E-state index >= 15 is 0 Å². The summed E-state index contributed by atoms with van der Waals surface area (Å²) in [5.74, 6) is -0.829. The lowest BCUT2D eigenvalue weighted by atomic mass is 10.1. The van der Waals surface area contributed by atoms with Crippen molar-refractivity contribution in [2.75, 3.05) is 4.90 Å². The van der Waals surface area contributed by atoms with E-state index in [0.29, 0.717) is 4.67 Å². The second kappa shape index (κ2) is 6.20. The number of esters is 1. The summed E-state index contributed by atoms with van der Waals surface area (Å²) in [5, 5.41) is 0. The minimum atomic E-state index is -0.889. The van der Waals surface area contributed by atoms with Crippen LogP contribution in [-0.2, 0) is 16.0 Å². The first-order valence-electron chi connectivity index (χ1n) is 7.34. The molecule has 1 aliphatic rings. The number of amides is 1. The number of carbonyl (C=O) groups excluding carboxylic acids is 2. The average molecular weight is 378 g/mol. The number of fused-ring (bicyclic) bond motifs is 1. The monoisotopic (exact) mass is 377 g/mol. The second-order valence-corrected chi connectivity index (χ2v) is 6.32. The molecule has 2 heterocycles. The summed E-state index contributed by atoms with van der Waals surface area (Å²) in [7, 11) is 0. The number of benzene rings is 1. The van der Waals surface area contributed by atoms with Crippen molar-refractivity contribution < 1.29 is 18.7 Å². The molecule has 3 rings (SSSR count). The molecule has 0 spiro atoms. The standard InChI is InChI=1S/C17H16BrNO4/c1-10-9-12-5-3-4-6-13(12)19(10)16(20)11(2)22-17(21)14-7-8-15(18)23-14/h3-8,10-11H,9H2,1-2H3/t10-,11-/m0/s1. The van der Waals surface area contributed by atoms with Crippen molar-refractivity contribution in [3.8, 4) is 0 Å². The Morgan fingerprint density at radius 2 is 2.04 bits per heavy atom. The fraction of sp³-hybridized carbons (Fsp3) is 0.294. The first-order valence-corrected chi connectivity index (χ1v) is 8.14. The molecule has 1 aromatic heterocycles. The number of furan rings is 1. The van der Waals surface area contributed by atoms with Gasteiger partial charge in [-0.2, -0.15) is 0 Å². The predicted octanol–water partition coefficient (Wildman–Crippen LogP) is 3.57. The Morgan fingerprint density at radius 1 is 1.30 bits per heavy atom. The number of carbonyl (C=O) groups is 2. The third kappa shape index (κ3) is 3.03. The van der Waals surface area contributed by atoms with E-state index in [9.17, 15) is 9.59 Å². The number of ether oxygens (including phenoxy) is 1. The van der Waals surface area contributed by atoms with Gasteiger partial charge in [0, 0.05) is 11.7 Å². The van der Waals surface area contributed by atoms with Gasteiger partial charge in [0.05, 0.1) is 0 Å². The van der Waals surface area contributed by atoms with Crippen LogP contribution in [0, 0.1) is 0 Å². The van der Waals surface area contributed by atoms with Crippen LogP contribution >= 0.6 is 15.9 Å². The number of para-hydroxylation sites is 1. The zero-order chi connectivity index (χ0) is 16.6. The lowest BCUT2D eigenvalue weighted by Gasteiger charge is -2.25. The Bertz CT molecular complexity index is 755. The molecule has 0 saturated carbocycles. The van der Waals surface area contributed by atoms with E-state index in [1.165, 1.54) is 6.07 Å². The smallest absolute Gasteiger partial charge is 0.375 e. The van der Waals surface area contributed by atoms with E-state index in [1.54, 1.807) is 17.9 Å². The van der Waals surface area contributed by atoms with Crippen molar-refractivity contribution in [1.82, 2.24) is 0 Å². The number of nitrogens with zero attached hydrogens (tertiary/aromatic N) is 1. The van der Waals surface area contributed by atoms with Crippen molar-refractivity contribution >= 4 is 33.5 Å². The van der Waals surface area contributed by atoms with E-state index in [2.05, 4.69) is 15.9 Å². The molecule has 0 aliphatic carbocycles. The molecule has 5 nitrogen and oxygen atoms in total. The quantitative estimate of drug-likeness (QED) is 0.767. The number of anilines is 1. The van der Waals surface area contributed by atoms with Crippen LogP contribution in [-0.4, -0.2) is 24.0 Å². The Balaban J connectivity index is 1.74. The highest BCUT2D eigenvalue weighted by Crippen LogP contribution is 2.32. The number of hydrogen-bond acceptors (Lipinski definition) is 4. The first-order chi connectivity index (χ1) is 11.0. The maximum Gasteiger partial charge on any atom is 0.375 e. The van der Waals surface area contributed by atoms with Gasteiger partial charge in [0.15, 0.2) is 10.8 Å². The summed E-state index contributed by atoms with van der Waals surface area (Å²) in [6.07, 6.45) is -0.0896. The molecule has 1 aromatic carbocycles. The van der Waals surface area contributed by atoms with Crippen LogP contribution in [0.4, 0.5) is 5.69 Å². The molecule has 120 valence electrons. The highest BCUT2D eigenvalue weighted by atomic mass is 79.9. The zero-order valence-corrected chi connectivity index (χ0v) is 14.4. The molecule has 1 amide bonds. The van der Waals surface area contributed by atoms with Crippen molar-refractivity contribution in [3.63, 3.8) is 0 Å². The van der Waals surface area contributed by atoms with Gasteiger partial charge < -0.3 is 14.1 Å². The maximum atomic E-state index is 12.7. The van der Waals surface area contributed by atoms with Crippen molar-refractivity contribution in [2.45, 2.75) is 32.4 Å².